The molecular formula is C9H15N3O4. The minimum atomic E-state index is -0.518. The summed E-state index contributed by atoms with van der Waals surface area (Å²) in [5.74, 6) is 0. The van der Waals surface area contributed by atoms with Crippen molar-refractivity contribution in [3.8, 4) is 0 Å². The maximum Gasteiger partial charge on any atom is 0.330 e. The van der Waals surface area contributed by atoms with E-state index in [2.05, 4.69) is 0 Å². The van der Waals surface area contributed by atoms with Crippen LogP contribution in [0.25, 0.3) is 0 Å². The molecule has 0 aromatic carbocycles. The fourth-order valence-electron chi connectivity index (χ4n) is 1.27. The number of aliphatic hydroxyl groups excluding tert-OH is 1. The van der Waals surface area contributed by atoms with Crippen LogP contribution < -0.4 is 17.0 Å². The molecular weight excluding hydrogens is 214 g/mol. The Morgan fingerprint density at radius 2 is 2.12 bits per heavy atom. The van der Waals surface area contributed by atoms with E-state index in [0.717, 1.165) is 4.57 Å². The highest BCUT2D eigenvalue weighted by Crippen LogP contribution is 1.87. The van der Waals surface area contributed by atoms with E-state index in [0.29, 0.717) is 0 Å². The average molecular weight is 229 g/mol. The molecule has 0 saturated heterocycles. The number of aliphatic hydroxyl groups is 1. The molecule has 0 aliphatic carbocycles. The predicted molar refractivity (Wildman–Crippen MR) is 58.3 cm³/mol. The third-order valence-corrected chi connectivity index (χ3v) is 2.05. The van der Waals surface area contributed by atoms with Crippen LogP contribution in [0.1, 0.15) is 0 Å². The van der Waals surface area contributed by atoms with Crippen LogP contribution in [0.15, 0.2) is 15.8 Å². The normalized spacial score (nSPS) is 10.6. The van der Waals surface area contributed by atoms with Crippen molar-refractivity contribution in [2.75, 3.05) is 25.6 Å². The minimum Gasteiger partial charge on any atom is -0.394 e. The van der Waals surface area contributed by atoms with Gasteiger partial charge in [0.1, 0.15) is 5.69 Å². The van der Waals surface area contributed by atoms with Gasteiger partial charge in [0.25, 0.3) is 5.56 Å². The number of aryl methyl sites for hydroxylation is 1. The molecule has 1 aromatic rings. The second kappa shape index (κ2) is 5.47. The van der Waals surface area contributed by atoms with E-state index < -0.39 is 11.2 Å². The van der Waals surface area contributed by atoms with Gasteiger partial charge in [-0.3, -0.25) is 9.36 Å². The number of hydrogen-bond donors (Lipinski definition) is 2. The zero-order valence-electron chi connectivity index (χ0n) is 9.05. The number of ether oxygens (including phenoxy) is 1. The molecule has 7 nitrogen and oxygen atoms in total. The van der Waals surface area contributed by atoms with Gasteiger partial charge in [-0.1, -0.05) is 0 Å². The molecule has 0 fully saturated rings. The maximum atomic E-state index is 11.6. The van der Waals surface area contributed by atoms with Gasteiger partial charge in [-0.05, 0) is 0 Å². The lowest BCUT2D eigenvalue weighted by atomic mass is 10.5. The highest BCUT2D eigenvalue weighted by molar-refractivity contribution is 5.30. The Hall–Kier alpha value is -1.60. The van der Waals surface area contributed by atoms with Crippen LogP contribution in [0, 0.1) is 0 Å². The SMILES string of the molecule is Cn1cc(N)c(=O)n(CCOCCO)c1=O. The van der Waals surface area contributed by atoms with Crippen molar-refractivity contribution in [3.05, 3.63) is 27.0 Å². The van der Waals surface area contributed by atoms with Crippen LogP contribution in [0.4, 0.5) is 5.69 Å². The standard InChI is InChI=1S/C9H15N3O4/c1-11-6-7(10)8(14)12(9(11)15)2-4-16-5-3-13/h6,13H,2-5,10H2,1H3. The molecule has 0 atom stereocenters. The summed E-state index contributed by atoms with van der Waals surface area (Å²) in [6.45, 7) is 0.386. The molecule has 0 spiro atoms. The van der Waals surface area contributed by atoms with E-state index >= 15 is 0 Å². The topological polar surface area (TPSA) is 99.5 Å². The third-order valence-electron chi connectivity index (χ3n) is 2.05. The molecule has 0 aliphatic heterocycles. The molecule has 1 aromatic heterocycles. The van der Waals surface area contributed by atoms with Crippen molar-refractivity contribution in [3.63, 3.8) is 0 Å². The van der Waals surface area contributed by atoms with Gasteiger partial charge in [-0.2, -0.15) is 0 Å². The smallest absolute Gasteiger partial charge is 0.330 e. The lowest BCUT2D eigenvalue weighted by Gasteiger charge is -2.08. The zero-order chi connectivity index (χ0) is 12.1. The Balaban J connectivity index is 2.87. The summed E-state index contributed by atoms with van der Waals surface area (Å²) in [5.41, 5.74) is 4.51. The van der Waals surface area contributed by atoms with Crippen LogP contribution in [-0.2, 0) is 18.3 Å². The van der Waals surface area contributed by atoms with Crippen LogP contribution >= 0.6 is 0 Å². The summed E-state index contributed by atoms with van der Waals surface area (Å²) < 4.78 is 7.22. The molecule has 1 rings (SSSR count). The number of aromatic nitrogens is 2. The first-order valence-electron chi connectivity index (χ1n) is 4.82. The molecule has 7 heteroatoms. The Bertz CT molecular complexity index is 429. The molecule has 16 heavy (non-hydrogen) atoms. The van der Waals surface area contributed by atoms with Crippen LogP contribution in [0.5, 0.6) is 0 Å². The molecule has 90 valence electrons. The molecule has 0 unspecified atom stereocenters. The largest absolute Gasteiger partial charge is 0.394 e. The maximum absolute atomic E-state index is 11.6. The quantitative estimate of drug-likeness (QED) is 0.577. The summed E-state index contributed by atoms with van der Waals surface area (Å²) in [7, 11) is 1.52. The van der Waals surface area contributed by atoms with Gasteiger partial charge in [0.15, 0.2) is 0 Å². The molecule has 0 aliphatic rings. The molecule has 0 saturated carbocycles. The summed E-state index contributed by atoms with van der Waals surface area (Å²) in [4.78, 5) is 23.1. The second-order valence-electron chi connectivity index (χ2n) is 3.27. The van der Waals surface area contributed by atoms with Crippen molar-refractivity contribution in [2.24, 2.45) is 7.05 Å². The van der Waals surface area contributed by atoms with E-state index in [1.165, 1.54) is 17.8 Å². The van der Waals surface area contributed by atoms with Gasteiger partial charge >= 0.3 is 5.69 Å². The first-order valence-corrected chi connectivity index (χ1v) is 4.82. The molecule has 3 N–H and O–H groups in total. The number of anilines is 1. The van der Waals surface area contributed by atoms with Crippen molar-refractivity contribution >= 4 is 5.69 Å². The number of nitrogens with two attached hydrogens (primary N) is 1. The van der Waals surface area contributed by atoms with Crippen LogP contribution in [-0.4, -0.2) is 34.1 Å². The van der Waals surface area contributed by atoms with E-state index in [-0.39, 0.29) is 32.1 Å². The Labute approximate surface area is 91.7 Å². The summed E-state index contributed by atoms with van der Waals surface area (Å²) in [5, 5.41) is 8.48. The Morgan fingerprint density at radius 1 is 1.44 bits per heavy atom. The molecule has 0 bridgehead atoms. The highest BCUT2D eigenvalue weighted by Gasteiger charge is 2.06. The van der Waals surface area contributed by atoms with Crippen LogP contribution in [0.3, 0.4) is 0 Å². The average Bonchev–Trinajstić information content (AvgIpc) is 2.25. The van der Waals surface area contributed by atoms with E-state index in [1.807, 2.05) is 0 Å². The fourth-order valence-corrected chi connectivity index (χ4v) is 1.27. The Kier molecular flexibility index (Phi) is 4.27. The monoisotopic (exact) mass is 229 g/mol. The van der Waals surface area contributed by atoms with Crippen molar-refractivity contribution < 1.29 is 9.84 Å². The first-order chi connectivity index (χ1) is 7.57. The van der Waals surface area contributed by atoms with Gasteiger partial charge in [0, 0.05) is 13.2 Å². The summed E-state index contributed by atoms with van der Waals surface area (Å²) >= 11 is 0. The number of nitrogen functional groups attached to an aromatic ring is 1. The van der Waals surface area contributed by atoms with Crippen LogP contribution in [0.2, 0.25) is 0 Å². The van der Waals surface area contributed by atoms with Gasteiger partial charge < -0.3 is 20.1 Å². The Morgan fingerprint density at radius 3 is 2.75 bits per heavy atom. The molecule has 0 radical (unpaired) electrons. The van der Waals surface area contributed by atoms with Gasteiger partial charge in [0.05, 0.1) is 26.4 Å². The summed E-state index contributed by atoms with van der Waals surface area (Å²) in [6, 6.07) is 0. The number of hydrogen-bond acceptors (Lipinski definition) is 5. The first kappa shape index (κ1) is 12.5. The van der Waals surface area contributed by atoms with E-state index in [9.17, 15) is 9.59 Å². The van der Waals surface area contributed by atoms with E-state index in [4.69, 9.17) is 15.6 Å². The fraction of sp³-hybridized carbons (Fsp3) is 0.556. The van der Waals surface area contributed by atoms with Crippen molar-refractivity contribution in [1.29, 1.82) is 0 Å². The van der Waals surface area contributed by atoms with Gasteiger partial charge in [-0.15, -0.1) is 0 Å². The summed E-state index contributed by atoms with van der Waals surface area (Å²) in [6.07, 6.45) is 1.29. The zero-order valence-corrected chi connectivity index (χ0v) is 9.05. The lowest BCUT2D eigenvalue weighted by Crippen LogP contribution is -2.40. The van der Waals surface area contributed by atoms with Gasteiger partial charge in [0.2, 0.25) is 0 Å². The number of nitrogens with zero attached hydrogens (tertiary/aromatic N) is 2. The third kappa shape index (κ3) is 2.71. The minimum absolute atomic E-state index is 0.0178. The lowest BCUT2D eigenvalue weighted by molar-refractivity contribution is 0.0858. The number of rotatable bonds is 5. The second-order valence-corrected chi connectivity index (χ2v) is 3.27. The van der Waals surface area contributed by atoms with E-state index in [1.54, 1.807) is 0 Å². The molecule has 1 heterocycles. The van der Waals surface area contributed by atoms with Crippen molar-refractivity contribution in [1.82, 2.24) is 9.13 Å². The molecule has 0 amide bonds. The van der Waals surface area contributed by atoms with Crippen molar-refractivity contribution in [2.45, 2.75) is 6.54 Å². The van der Waals surface area contributed by atoms with Gasteiger partial charge in [-0.25, -0.2) is 4.79 Å². The highest BCUT2D eigenvalue weighted by atomic mass is 16.5. The predicted octanol–water partition coefficient (Wildman–Crippen LogP) is -1.86.